The summed E-state index contributed by atoms with van der Waals surface area (Å²) in [6, 6.07) is 10.2. The third kappa shape index (κ3) is 4.69. The van der Waals surface area contributed by atoms with Crippen LogP contribution in [0.3, 0.4) is 0 Å². The maximum atomic E-state index is 13.1. The Morgan fingerprint density at radius 1 is 1.07 bits per heavy atom. The highest BCUT2D eigenvalue weighted by molar-refractivity contribution is 7.98. The number of hydrogen-bond acceptors (Lipinski definition) is 7. The Kier molecular flexibility index (Phi) is 6.28. The van der Waals surface area contributed by atoms with Crippen molar-refractivity contribution in [3.63, 3.8) is 0 Å². The molecule has 0 atom stereocenters. The molecule has 0 fully saturated rings. The van der Waals surface area contributed by atoms with Crippen LogP contribution in [0.1, 0.15) is 5.69 Å². The van der Waals surface area contributed by atoms with Gasteiger partial charge in [0.15, 0.2) is 11.0 Å². The van der Waals surface area contributed by atoms with Crippen molar-refractivity contribution in [1.29, 1.82) is 0 Å². The second-order valence-electron chi connectivity index (χ2n) is 6.13. The molecule has 0 radical (unpaired) electrons. The number of aromatic nitrogens is 5. The van der Waals surface area contributed by atoms with Crippen molar-refractivity contribution in [2.75, 3.05) is 13.7 Å². The van der Waals surface area contributed by atoms with E-state index in [4.69, 9.17) is 4.74 Å². The monoisotopic (exact) mass is 427 g/mol. The van der Waals surface area contributed by atoms with E-state index in [-0.39, 0.29) is 5.82 Å². The Bertz CT molecular complexity index is 1070. The number of nitrogens with zero attached hydrogens (tertiary/aromatic N) is 5. The van der Waals surface area contributed by atoms with Gasteiger partial charge in [0, 0.05) is 41.8 Å². The van der Waals surface area contributed by atoms with Crippen LogP contribution in [0.5, 0.6) is 0 Å². The Morgan fingerprint density at radius 3 is 2.62 bits per heavy atom. The number of thioether (sulfide) groups is 1. The predicted molar refractivity (Wildman–Crippen MR) is 112 cm³/mol. The third-order valence-electron chi connectivity index (χ3n) is 4.17. The average Bonchev–Trinajstić information content (AvgIpc) is 3.39. The van der Waals surface area contributed by atoms with Crippen molar-refractivity contribution in [3.05, 3.63) is 65.7 Å². The van der Waals surface area contributed by atoms with Crippen LogP contribution in [-0.2, 0) is 17.0 Å². The highest BCUT2D eigenvalue weighted by Crippen LogP contribution is 2.29. The number of methoxy groups -OCH3 is 1. The fourth-order valence-electron chi connectivity index (χ4n) is 2.73. The van der Waals surface area contributed by atoms with Gasteiger partial charge in [-0.1, -0.05) is 11.8 Å². The molecule has 0 aliphatic rings. The van der Waals surface area contributed by atoms with Crippen molar-refractivity contribution in [1.82, 2.24) is 24.7 Å². The highest BCUT2D eigenvalue weighted by atomic mass is 32.2. The molecule has 0 spiro atoms. The summed E-state index contributed by atoms with van der Waals surface area (Å²) in [6.45, 7) is 1.22. The van der Waals surface area contributed by atoms with Gasteiger partial charge in [0.05, 0.1) is 18.8 Å². The van der Waals surface area contributed by atoms with E-state index in [1.807, 2.05) is 17.5 Å². The predicted octanol–water partition coefficient (Wildman–Crippen LogP) is 4.54. The van der Waals surface area contributed by atoms with Gasteiger partial charge < -0.3 is 4.74 Å². The molecule has 3 aromatic heterocycles. The Hall–Kier alpha value is -2.62. The lowest BCUT2D eigenvalue weighted by molar-refractivity contribution is 0.185. The van der Waals surface area contributed by atoms with E-state index < -0.39 is 0 Å². The molecule has 29 heavy (non-hydrogen) atoms. The summed E-state index contributed by atoms with van der Waals surface area (Å²) in [4.78, 5) is 8.73. The molecule has 4 aromatic rings. The van der Waals surface area contributed by atoms with Gasteiger partial charge in [-0.2, -0.15) is 0 Å². The van der Waals surface area contributed by atoms with Gasteiger partial charge in [-0.3, -0.25) is 9.55 Å². The van der Waals surface area contributed by atoms with Crippen molar-refractivity contribution >= 4 is 23.1 Å². The highest BCUT2D eigenvalue weighted by Gasteiger charge is 2.15. The van der Waals surface area contributed by atoms with E-state index in [0.29, 0.717) is 18.9 Å². The molecule has 0 N–H and O–H groups in total. The fraction of sp³-hybridized carbons (Fsp3) is 0.200. The zero-order valence-corrected chi connectivity index (χ0v) is 17.3. The van der Waals surface area contributed by atoms with Crippen LogP contribution in [0.2, 0.25) is 0 Å². The largest absolute Gasteiger partial charge is 0.383 e. The molecule has 9 heteroatoms. The fourth-order valence-corrected chi connectivity index (χ4v) is 4.52. The van der Waals surface area contributed by atoms with Crippen LogP contribution in [0.15, 0.2) is 59.3 Å². The summed E-state index contributed by atoms with van der Waals surface area (Å²) < 4.78 is 20.4. The summed E-state index contributed by atoms with van der Waals surface area (Å²) >= 11 is 3.13. The van der Waals surface area contributed by atoms with Crippen molar-refractivity contribution in [2.45, 2.75) is 17.5 Å². The Morgan fingerprint density at radius 2 is 1.86 bits per heavy atom. The van der Waals surface area contributed by atoms with E-state index in [2.05, 4.69) is 24.7 Å². The lowest BCUT2D eigenvalue weighted by Gasteiger charge is -2.09. The molecule has 0 amide bonds. The van der Waals surface area contributed by atoms with Crippen molar-refractivity contribution < 1.29 is 9.13 Å². The molecule has 0 saturated heterocycles. The maximum absolute atomic E-state index is 13.1. The topological polar surface area (TPSA) is 65.7 Å². The summed E-state index contributed by atoms with van der Waals surface area (Å²) in [5.41, 5.74) is 2.82. The average molecular weight is 428 g/mol. The molecule has 148 valence electrons. The number of ether oxygens (including phenoxy) is 1. The second kappa shape index (κ2) is 9.25. The Labute approximate surface area is 175 Å². The lowest BCUT2D eigenvalue weighted by Crippen LogP contribution is -2.07. The van der Waals surface area contributed by atoms with Gasteiger partial charge in [0.25, 0.3) is 0 Å². The van der Waals surface area contributed by atoms with Crippen LogP contribution < -0.4 is 0 Å². The molecule has 1 aromatic carbocycles. The minimum absolute atomic E-state index is 0.249. The van der Waals surface area contributed by atoms with E-state index >= 15 is 0 Å². The molecule has 4 rings (SSSR count). The van der Waals surface area contributed by atoms with Gasteiger partial charge in [-0.25, -0.2) is 9.37 Å². The molecule has 3 heterocycles. The van der Waals surface area contributed by atoms with Crippen molar-refractivity contribution in [3.8, 4) is 22.0 Å². The summed E-state index contributed by atoms with van der Waals surface area (Å²) in [6.07, 6.45) is 3.48. The molecule has 0 saturated carbocycles. The summed E-state index contributed by atoms with van der Waals surface area (Å²) in [5, 5.41) is 12.4. The zero-order chi connectivity index (χ0) is 20.1. The normalized spacial score (nSPS) is 11.1. The van der Waals surface area contributed by atoms with E-state index in [0.717, 1.165) is 32.8 Å². The maximum Gasteiger partial charge on any atom is 0.191 e. The van der Waals surface area contributed by atoms with Gasteiger partial charge in [-0.05, 0) is 36.4 Å². The number of halogens is 1. The SMILES string of the molecule is COCCn1c(SCc2csc(-c3ccc(F)cc3)n2)nnc1-c1ccncc1. The Balaban J connectivity index is 1.51. The van der Waals surface area contributed by atoms with Gasteiger partial charge in [-0.15, -0.1) is 21.5 Å². The first-order valence-corrected chi connectivity index (χ1v) is 10.8. The lowest BCUT2D eigenvalue weighted by atomic mass is 10.2. The standard InChI is InChI=1S/C20H18FN5OS2/c1-27-11-10-26-18(14-6-8-22-9-7-14)24-25-20(26)29-13-17-12-28-19(23-17)15-2-4-16(21)5-3-15/h2-9,12H,10-11,13H2,1H3. The summed E-state index contributed by atoms with van der Waals surface area (Å²) in [7, 11) is 1.68. The zero-order valence-electron chi connectivity index (χ0n) is 15.7. The van der Waals surface area contributed by atoms with Gasteiger partial charge >= 0.3 is 0 Å². The molecular weight excluding hydrogens is 409 g/mol. The molecular formula is C20H18FN5OS2. The molecule has 0 aliphatic heterocycles. The smallest absolute Gasteiger partial charge is 0.191 e. The van der Waals surface area contributed by atoms with Crippen LogP contribution >= 0.6 is 23.1 Å². The number of hydrogen-bond donors (Lipinski definition) is 0. The van der Waals surface area contributed by atoms with Crippen LogP contribution in [-0.4, -0.2) is 38.4 Å². The molecule has 0 unspecified atom stereocenters. The molecule has 0 bridgehead atoms. The van der Waals surface area contributed by atoms with Gasteiger partial charge in [0.2, 0.25) is 0 Å². The second-order valence-corrected chi connectivity index (χ2v) is 7.93. The first-order chi connectivity index (χ1) is 14.2. The number of thiazole rings is 1. The van der Waals surface area contributed by atoms with Gasteiger partial charge in [0.1, 0.15) is 10.8 Å². The number of pyridine rings is 1. The van der Waals surface area contributed by atoms with Crippen molar-refractivity contribution in [2.24, 2.45) is 0 Å². The number of benzene rings is 1. The first-order valence-electron chi connectivity index (χ1n) is 8.90. The quantitative estimate of drug-likeness (QED) is 0.385. The minimum atomic E-state index is -0.249. The molecule has 0 aliphatic carbocycles. The molecule has 6 nitrogen and oxygen atoms in total. The number of rotatable bonds is 8. The summed E-state index contributed by atoms with van der Waals surface area (Å²) in [5.74, 6) is 1.21. The van der Waals surface area contributed by atoms with E-state index in [1.54, 1.807) is 54.7 Å². The van der Waals surface area contributed by atoms with Crippen LogP contribution in [0.25, 0.3) is 22.0 Å². The van der Waals surface area contributed by atoms with E-state index in [9.17, 15) is 4.39 Å². The first kappa shape index (κ1) is 19.7. The minimum Gasteiger partial charge on any atom is -0.383 e. The van der Waals surface area contributed by atoms with Crippen LogP contribution in [0.4, 0.5) is 4.39 Å². The third-order valence-corrected chi connectivity index (χ3v) is 6.11. The van der Waals surface area contributed by atoms with Crippen LogP contribution in [0, 0.1) is 5.82 Å². The van der Waals surface area contributed by atoms with E-state index in [1.165, 1.54) is 12.1 Å².